The van der Waals surface area contributed by atoms with Crippen LogP contribution in [0, 0.1) is 17.8 Å². The highest BCUT2D eigenvalue weighted by Crippen LogP contribution is 2.41. The van der Waals surface area contributed by atoms with Gasteiger partial charge in [-0.1, -0.05) is 26.7 Å². The molecule has 0 saturated heterocycles. The molecule has 6 nitrogen and oxygen atoms in total. The van der Waals surface area contributed by atoms with E-state index < -0.39 is 29.8 Å². The smallest absolute Gasteiger partial charge is 0.392 e. The third kappa shape index (κ3) is 6.53. The van der Waals surface area contributed by atoms with E-state index >= 15 is 0 Å². The summed E-state index contributed by atoms with van der Waals surface area (Å²) in [6, 6.07) is 4.52. The van der Waals surface area contributed by atoms with Gasteiger partial charge in [-0.15, -0.1) is 0 Å². The number of amides is 2. The normalized spacial score (nSPS) is 19.3. The first-order valence-corrected chi connectivity index (χ1v) is 10.1. The molecule has 0 bridgehead atoms. The van der Waals surface area contributed by atoms with Crippen molar-refractivity contribution < 1.29 is 32.2 Å². The summed E-state index contributed by atoms with van der Waals surface area (Å²) in [7, 11) is 1.44. The van der Waals surface area contributed by atoms with E-state index in [4.69, 9.17) is 9.47 Å². The number of halogens is 3. The fraction of sp³-hybridized carbons (Fsp3) is 0.619. The number of methoxy groups -OCH3 is 1. The van der Waals surface area contributed by atoms with Gasteiger partial charge >= 0.3 is 6.18 Å². The maximum Gasteiger partial charge on any atom is 0.392 e. The lowest BCUT2D eigenvalue weighted by Crippen LogP contribution is -2.49. The highest BCUT2D eigenvalue weighted by atomic mass is 19.4. The summed E-state index contributed by atoms with van der Waals surface area (Å²) in [5, 5.41) is 0. The van der Waals surface area contributed by atoms with Crippen LogP contribution in [0.4, 0.5) is 13.2 Å². The standard InChI is InChI=1S/C21H29F3N2O4/c1-13(2)10-11-30-17-9-8-14(12-18(17)29-3)19(27)25-26-20(28)15-6-4-5-7-16(15)21(22,23)24/h8-9,12-13,15-16H,4-7,10-11H2,1-3H3,(H,25,27)(H,26,28). The summed E-state index contributed by atoms with van der Waals surface area (Å²) in [4.78, 5) is 24.6. The third-order valence-electron chi connectivity index (χ3n) is 5.20. The van der Waals surface area contributed by atoms with Gasteiger partial charge in [-0.25, -0.2) is 0 Å². The molecule has 2 unspecified atom stereocenters. The molecule has 0 heterocycles. The lowest BCUT2D eigenvalue weighted by Gasteiger charge is -2.31. The molecular formula is C21H29F3N2O4. The van der Waals surface area contributed by atoms with Crippen LogP contribution in [0.1, 0.15) is 56.3 Å². The van der Waals surface area contributed by atoms with E-state index in [2.05, 4.69) is 24.7 Å². The number of rotatable bonds is 7. The van der Waals surface area contributed by atoms with E-state index in [0.717, 1.165) is 6.42 Å². The van der Waals surface area contributed by atoms with Gasteiger partial charge in [0.1, 0.15) is 0 Å². The predicted octanol–water partition coefficient (Wildman–Crippen LogP) is 4.25. The molecule has 0 aromatic heterocycles. The van der Waals surface area contributed by atoms with Crippen LogP contribution in [0.15, 0.2) is 18.2 Å². The maximum atomic E-state index is 13.2. The van der Waals surface area contributed by atoms with Crippen molar-refractivity contribution in [3.63, 3.8) is 0 Å². The van der Waals surface area contributed by atoms with Crippen LogP contribution in [0.5, 0.6) is 11.5 Å². The van der Waals surface area contributed by atoms with Gasteiger partial charge in [0.25, 0.3) is 5.91 Å². The van der Waals surface area contributed by atoms with Crippen molar-refractivity contribution >= 4 is 11.8 Å². The third-order valence-corrected chi connectivity index (χ3v) is 5.20. The second-order valence-electron chi connectivity index (χ2n) is 7.88. The predicted molar refractivity (Wildman–Crippen MR) is 105 cm³/mol. The molecule has 0 spiro atoms. The summed E-state index contributed by atoms with van der Waals surface area (Å²) in [5.74, 6) is -3.07. The Balaban J connectivity index is 1.97. The van der Waals surface area contributed by atoms with Gasteiger partial charge in [0, 0.05) is 5.56 Å². The highest BCUT2D eigenvalue weighted by Gasteiger charge is 2.48. The Morgan fingerprint density at radius 2 is 1.83 bits per heavy atom. The summed E-state index contributed by atoms with van der Waals surface area (Å²) in [6.07, 6.45) is -2.53. The van der Waals surface area contributed by atoms with Gasteiger partial charge < -0.3 is 9.47 Å². The zero-order valence-corrected chi connectivity index (χ0v) is 17.5. The molecule has 2 atom stereocenters. The maximum absolute atomic E-state index is 13.2. The van der Waals surface area contributed by atoms with Crippen molar-refractivity contribution in [2.24, 2.45) is 17.8 Å². The van der Waals surface area contributed by atoms with E-state index in [-0.39, 0.29) is 18.4 Å². The van der Waals surface area contributed by atoms with E-state index in [1.54, 1.807) is 6.07 Å². The number of benzene rings is 1. The fourth-order valence-corrected chi connectivity index (χ4v) is 3.45. The number of hydrogen-bond donors (Lipinski definition) is 2. The molecule has 9 heteroatoms. The molecule has 1 aliphatic rings. The molecule has 2 rings (SSSR count). The van der Waals surface area contributed by atoms with E-state index in [0.29, 0.717) is 36.9 Å². The SMILES string of the molecule is COc1cc(C(=O)NNC(=O)C2CCCCC2C(F)(F)F)ccc1OCCC(C)C. The van der Waals surface area contributed by atoms with Crippen LogP contribution < -0.4 is 20.3 Å². The zero-order valence-electron chi connectivity index (χ0n) is 17.5. The van der Waals surface area contributed by atoms with Crippen LogP contribution in [-0.2, 0) is 4.79 Å². The number of hydrazine groups is 1. The van der Waals surface area contributed by atoms with Gasteiger partial charge in [0.2, 0.25) is 5.91 Å². The van der Waals surface area contributed by atoms with Gasteiger partial charge in [0.05, 0.1) is 25.6 Å². The van der Waals surface area contributed by atoms with Crippen molar-refractivity contribution in [2.45, 2.75) is 52.1 Å². The molecule has 1 aliphatic carbocycles. The lowest BCUT2D eigenvalue weighted by atomic mass is 9.78. The second kappa shape index (κ2) is 10.5. The first-order chi connectivity index (χ1) is 14.1. The van der Waals surface area contributed by atoms with Crippen molar-refractivity contribution in [3.05, 3.63) is 23.8 Å². The first kappa shape index (κ1) is 23.8. The Labute approximate surface area is 174 Å². The van der Waals surface area contributed by atoms with Gasteiger partial charge in [0.15, 0.2) is 11.5 Å². The average Bonchev–Trinajstić information content (AvgIpc) is 2.71. The first-order valence-electron chi connectivity index (χ1n) is 10.1. The van der Waals surface area contributed by atoms with Crippen molar-refractivity contribution in [1.29, 1.82) is 0 Å². The second-order valence-corrected chi connectivity index (χ2v) is 7.88. The van der Waals surface area contributed by atoms with Crippen molar-refractivity contribution in [3.8, 4) is 11.5 Å². The Kier molecular flexibility index (Phi) is 8.37. The molecule has 0 radical (unpaired) electrons. The van der Waals surface area contributed by atoms with E-state index in [9.17, 15) is 22.8 Å². The molecule has 30 heavy (non-hydrogen) atoms. The molecule has 1 aromatic carbocycles. The number of alkyl halides is 3. The Bertz CT molecular complexity index is 737. The van der Waals surface area contributed by atoms with Crippen molar-refractivity contribution in [1.82, 2.24) is 10.9 Å². The van der Waals surface area contributed by atoms with Crippen LogP contribution in [-0.4, -0.2) is 31.7 Å². The molecule has 2 amide bonds. The largest absolute Gasteiger partial charge is 0.493 e. The van der Waals surface area contributed by atoms with Crippen LogP contribution in [0.3, 0.4) is 0 Å². The van der Waals surface area contributed by atoms with Crippen LogP contribution in [0.2, 0.25) is 0 Å². The summed E-state index contributed by atoms with van der Waals surface area (Å²) < 4.78 is 50.4. The summed E-state index contributed by atoms with van der Waals surface area (Å²) >= 11 is 0. The molecule has 1 fully saturated rings. The Morgan fingerprint density at radius 1 is 1.13 bits per heavy atom. The van der Waals surface area contributed by atoms with Gasteiger partial charge in [-0.05, 0) is 43.4 Å². The topological polar surface area (TPSA) is 76.7 Å². The number of hydrogen-bond acceptors (Lipinski definition) is 4. The number of carbonyl (C=O) groups is 2. The minimum atomic E-state index is -4.44. The Hall–Kier alpha value is -2.45. The van der Waals surface area contributed by atoms with Crippen molar-refractivity contribution in [2.75, 3.05) is 13.7 Å². The van der Waals surface area contributed by atoms with Crippen LogP contribution >= 0.6 is 0 Å². The molecule has 1 saturated carbocycles. The van der Waals surface area contributed by atoms with Gasteiger partial charge in [-0.3, -0.25) is 20.4 Å². The molecule has 1 aromatic rings. The lowest BCUT2D eigenvalue weighted by molar-refractivity contribution is -0.198. The number of ether oxygens (including phenoxy) is 2. The summed E-state index contributed by atoms with van der Waals surface area (Å²) in [5.41, 5.74) is 4.52. The number of carbonyl (C=O) groups excluding carboxylic acids is 2. The highest BCUT2D eigenvalue weighted by molar-refractivity contribution is 5.96. The monoisotopic (exact) mass is 430 g/mol. The fourth-order valence-electron chi connectivity index (χ4n) is 3.45. The van der Waals surface area contributed by atoms with E-state index in [1.165, 1.54) is 19.2 Å². The minimum absolute atomic E-state index is 0.0784. The molecular weight excluding hydrogens is 401 g/mol. The average molecular weight is 430 g/mol. The Morgan fingerprint density at radius 3 is 2.47 bits per heavy atom. The minimum Gasteiger partial charge on any atom is -0.493 e. The van der Waals surface area contributed by atoms with Gasteiger partial charge in [-0.2, -0.15) is 13.2 Å². The molecule has 2 N–H and O–H groups in total. The molecule has 168 valence electrons. The molecule has 0 aliphatic heterocycles. The number of nitrogens with one attached hydrogen (secondary N) is 2. The van der Waals surface area contributed by atoms with Crippen LogP contribution in [0.25, 0.3) is 0 Å². The zero-order chi connectivity index (χ0) is 22.3. The van der Waals surface area contributed by atoms with E-state index in [1.807, 2.05) is 0 Å². The summed E-state index contributed by atoms with van der Waals surface area (Å²) in [6.45, 7) is 4.65. The quantitative estimate of drug-likeness (QED) is 0.634.